The fourth-order valence-electron chi connectivity index (χ4n) is 1.79. The first-order valence-electron chi connectivity index (χ1n) is 6.33. The Labute approximate surface area is 123 Å². The van der Waals surface area contributed by atoms with Crippen molar-refractivity contribution in [2.75, 3.05) is 13.2 Å². The number of hydrogen-bond acceptors (Lipinski definition) is 5. The molecule has 0 spiro atoms. The lowest BCUT2D eigenvalue weighted by Crippen LogP contribution is -2.53. The van der Waals surface area contributed by atoms with Gasteiger partial charge in [0.15, 0.2) is 0 Å². The first-order chi connectivity index (χ1) is 9.77. The highest BCUT2D eigenvalue weighted by Gasteiger charge is 2.31. The van der Waals surface area contributed by atoms with Crippen LogP contribution < -0.4 is 4.72 Å². The van der Waals surface area contributed by atoms with Gasteiger partial charge in [-0.25, -0.2) is 17.9 Å². The van der Waals surface area contributed by atoms with Gasteiger partial charge in [-0.3, -0.25) is 0 Å². The van der Waals surface area contributed by atoms with Crippen LogP contribution in [-0.4, -0.2) is 48.5 Å². The Morgan fingerprint density at radius 2 is 1.90 bits per heavy atom. The van der Waals surface area contributed by atoms with E-state index >= 15 is 0 Å². The molecule has 1 aromatic rings. The van der Waals surface area contributed by atoms with Gasteiger partial charge < -0.3 is 15.3 Å². The normalized spacial score (nSPS) is 12.3. The molecule has 0 aliphatic rings. The van der Waals surface area contributed by atoms with E-state index in [2.05, 4.69) is 4.72 Å². The number of aliphatic hydroxyl groups is 2. The Morgan fingerprint density at radius 1 is 1.29 bits per heavy atom. The Bertz CT molecular complexity index is 586. The van der Waals surface area contributed by atoms with Crippen molar-refractivity contribution in [2.24, 2.45) is 0 Å². The third-order valence-corrected chi connectivity index (χ3v) is 4.64. The predicted octanol–water partition coefficient (Wildman–Crippen LogP) is -0.0624. The maximum Gasteiger partial charge on any atom is 0.335 e. The molecule has 0 aliphatic carbocycles. The maximum absolute atomic E-state index is 12.1. The molecule has 0 aromatic heterocycles. The summed E-state index contributed by atoms with van der Waals surface area (Å²) in [5.74, 6) is -1.58. The molecular weight excluding hydrogens is 298 g/mol. The minimum absolute atomic E-state index is 0.00577. The summed E-state index contributed by atoms with van der Waals surface area (Å²) in [5, 5.41) is 27.4. The first kappa shape index (κ1) is 17.6. The van der Waals surface area contributed by atoms with E-state index in [0.29, 0.717) is 5.56 Å². The summed E-state index contributed by atoms with van der Waals surface area (Å²) < 4.78 is 26.5. The Balaban J connectivity index is 2.95. The lowest BCUT2D eigenvalue weighted by Gasteiger charge is -2.29. The molecule has 8 heteroatoms. The summed E-state index contributed by atoms with van der Waals surface area (Å²) in [6, 6.07) is 5.59. The van der Waals surface area contributed by atoms with Crippen molar-refractivity contribution in [1.82, 2.24) is 4.72 Å². The standard InChI is InChI=1S/C13H19NO6S/c1-2-13(8-15,9-16)14-21(19,20)7-10-4-3-5-11(6-10)12(17)18/h3-6,14-16H,2,7-9H2,1H3,(H,17,18). The van der Waals surface area contributed by atoms with Crippen molar-refractivity contribution in [2.45, 2.75) is 24.6 Å². The third-order valence-electron chi connectivity index (χ3n) is 3.18. The zero-order valence-electron chi connectivity index (χ0n) is 11.6. The molecule has 0 bridgehead atoms. The predicted molar refractivity (Wildman–Crippen MR) is 76.4 cm³/mol. The first-order valence-corrected chi connectivity index (χ1v) is 7.98. The second-order valence-electron chi connectivity index (χ2n) is 4.82. The van der Waals surface area contributed by atoms with Crippen molar-refractivity contribution in [3.05, 3.63) is 35.4 Å². The number of carboxylic acid groups (broad SMARTS) is 1. The van der Waals surface area contributed by atoms with Gasteiger partial charge in [0.25, 0.3) is 0 Å². The number of rotatable bonds is 8. The molecule has 4 N–H and O–H groups in total. The molecule has 21 heavy (non-hydrogen) atoms. The molecule has 7 nitrogen and oxygen atoms in total. The number of sulfonamides is 1. The number of carboxylic acids is 1. The van der Waals surface area contributed by atoms with E-state index in [-0.39, 0.29) is 12.0 Å². The molecule has 0 heterocycles. The summed E-state index contributed by atoms with van der Waals surface area (Å²) in [6.45, 7) is 0.572. The topological polar surface area (TPSA) is 124 Å². The van der Waals surface area contributed by atoms with Crippen molar-refractivity contribution in [3.63, 3.8) is 0 Å². The Morgan fingerprint density at radius 3 is 2.38 bits per heavy atom. The molecule has 0 radical (unpaired) electrons. The van der Waals surface area contributed by atoms with E-state index in [1.807, 2.05) is 0 Å². The fourth-order valence-corrected chi connectivity index (χ4v) is 3.41. The van der Waals surface area contributed by atoms with Crippen LogP contribution in [-0.2, 0) is 15.8 Å². The lowest BCUT2D eigenvalue weighted by atomic mass is 10.0. The van der Waals surface area contributed by atoms with E-state index in [9.17, 15) is 23.4 Å². The van der Waals surface area contributed by atoms with Gasteiger partial charge in [-0.1, -0.05) is 19.1 Å². The highest BCUT2D eigenvalue weighted by atomic mass is 32.2. The molecule has 0 atom stereocenters. The zero-order chi connectivity index (χ0) is 16.1. The molecule has 1 rings (SSSR count). The van der Waals surface area contributed by atoms with Gasteiger partial charge >= 0.3 is 5.97 Å². The van der Waals surface area contributed by atoms with Crippen LogP contribution >= 0.6 is 0 Å². The molecular formula is C13H19NO6S. The van der Waals surface area contributed by atoms with Crippen LogP contribution in [0.4, 0.5) is 0 Å². The lowest BCUT2D eigenvalue weighted by molar-refractivity contribution is 0.0696. The van der Waals surface area contributed by atoms with Crippen LogP contribution in [0.1, 0.15) is 29.3 Å². The number of nitrogens with one attached hydrogen (secondary N) is 1. The average molecular weight is 317 g/mol. The maximum atomic E-state index is 12.1. The number of aliphatic hydroxyl groups excluding tert-OH is 2. The molecule has 1 aromatic carbocycles. The van der Waals surface area contributed by atoms with Crippen LogP contribution in [0.15, 0.2) is 24.3 Å². The summed E-state index contributed by atoms with van der Waals surface area (Å²) in [4.78, 5) is 10.9. The van der Waals surface area contributed by atoms with Gasteiger partial charge in [-0.2, -0.15) is 0 Å². The molecule has 0 fully saturated rings. The summed E-state index contributed by atoms with van der Waals surface area (Å²) in [6.07, 6.45) is 0.217. The second kappa shape index (κ2) is 6.99. The highest BCUT2D eigenvalue weighted by Crippen LogP contribution is 2.14. The zero-order valence-corrected chi connectivity index (χ0v) is 12.4. The Hall–Kier alpha value is -1.48. The van der Waals surface area contributed by atoms with Crippen LogP contribution in [0, 0.1) is 0 Å². The molecule has 0 aliphatic heterocycles. The van der Waals surface area contributed by atoms with Crippen LogP contribution in [0.2, 0.25) is 0 Å². The van der Waals surface area contributed by atoms with E-state index in [1.165, 1.54) is 24.3 Å². The van der Waals surface area contributed by atoms with E-state index in [4.69, 9.17) is 5.11 Å². The van der Waals surface area contributed by atoms with Gasteiger partial charge in [0.2, 0.25) is 10.0 Å². The van der Waals surface area contributed by atoms with Crippen LogP contribution in [0.25, 0.3) is 0 Å². The second-order valence-corrected chi connectivity index (χ2v) is 6.54. The smallest absolute Gasteiger partial charge is 0.335 e. The SMILES string of the molecule is CCC(CO)(CO)NS(=O)(=O)Cc1cccc(C(=O)O)c1. The van der Waals surface area contributed by atoms with Gasteiger partial charge in [-0.05, 0) is 24.1 Å². The average Bonchev–Trinajstić information content (AvgIpc) is 2.44. The monoisotopic (exact) mass is 317 g/mol. The van der Waals surface area contributed by atoms with Crippen molar-refractivity contribution >= 4 is 16.0 Å². The summed E-state index contributed by atoms with van der Waals surface area (Å²) >= 11 is 0. The van der Waals surface area contributed by atoms with E-state index < -0.39 is 40.5 Å². The quantitative estimate of drug-likeness (QED) is 0.532. The van der Waals surface area contributed by atoms with Gasteiger partial charge in [0, 0.05) is 0 Å². The van der Waals surface area contributed by atoms with Gasteiger partial charge in [0.05, 0.1) is 30.1 Å². The summed E-state index contributed by atoms with van der Waals surface area (Å²) in [7, 11) is -3.83. The van der Waals surface area contributed by atoms with Crippen molar-refractivity contribution in [3.8, 4) is 0 Å². The van der Waals surface area contributed by atoms with Gasteiger partial charge in [0.1, 0.15) is 0 Å². The van der Waals surface area contributed by atoms with E-state index in [1.54, 1.807) is 6.92 Å². The minimum atomic E-state index is -3.83. The number of benzene rings is 1. The molecule has 118 valence electrons. The van der Waals surface area contributed by atoms with Crippen molar-refractivity contribution in [1.29, 1.82) is 0 Å². The van der Waals surface area contributed by atoms with Crippen LogP contribution in [0.5, 0.6) is 0 Å². The third kappa shape index (κ3) is 4.78. The largest absolute Gasteiger partial charge is 0.478 e. The minimum Gasteiger partial charge on any atom is -0.478 e. The Kier molecular flexibility index (Phi) is 5.85. The molecule has 0 saturated heterocycles. The number of hydrogen-bond donors (Lipinski definition) is 4. The summed E-state index contributed by atoms with van der Waals surface area (Å²) in [5.41, 5.74) is -1.01. The van der Waals surface area contributed by atoms with Gasteiger partial charge in [-0.15, -0.1) is 0 Å². The fraction of sp³-hybridized carbons (Fsp3) is 0.462. The number of aromatic carboxylic acids is 1. The number of carbonyl (C=O) groups is 1. The molecule has 0 saturated carbocycles. The highest BCUT2D eigenvalue weighted by molar-refractivity contribution is 7.88. The molecule has 0 amide bonds. The molecule has 0 unspecified atom stereocenters. The van der Waals surface area contributed by atoms with E-state index in [0.717, 1.165) is 0 Å². The van der Waals surface area contributed by atoms with Crippen molar-refractivity contribution < 1.29 is 28.5 Å². The van der Waals surface area contributed by atoms with Crippen LogP contribution in [0.3, 0.4) is 0 Å².